The number of hydrogen-bond acceptors (Lipinski definition) is 4. The molecule has 27 heavy (non-hydrogen) atoms. The van der Waals surface area contributed by atoms with Crippen molar-refractivity contribution in [2.75, 3.05) is 24.5 Å². The summed E-state index contributed by atoms with van der Waals surface area (Å²) in [5.41, 5.74) is 0.231. The summed E-state index contributed by atoms with van der Waals surface area (Å²) in [6.45, 7) is 2.04. The molecule has 0 heterocycles. The normalized spacial score (nSPS) is 11.1. The van der Waals surface area contributed by atoms with Crippen LogP contribution < -0.4 is 14.4 Å². The minimum atomic E-state index is -4.10. The molecule has 0 aromatic heterocycles. The van der Waals surface area contributed by atoms with Crippen LogP contribution in [0.15, 0.2) is 53.4 Å². The summed E-state index contributed by atoms with van der Waals surface area (Å²) in [6.07, 6.45) is 1.70. The van der Waals surface area contributed by atoms with Crippen molar-refractivity contribution in [2.45, 2.75) is 24.7 Å². The van der Waals surface area contributed by atoms with E-state index in [0.717, 1.165) is 29.3 Å². The lowest BCUT2D eigenvalue weighted by atomic mass is 10.3. The third kappa shape index (κ3) is 5.19. The van der Waals surface area contributed by atoms with Crippen molar-refractivity contribution < 1.29 is 22.3 Å². The van der Waals surface area contributed by atoms with E-state index in [4.69, 9.17) is 4.74 Å². The van der Waals surface area contributed by atoms with E-state index in [1.807, 2.05) is 6.92 Å². The number of rotatable bonds is 9. The number of hydrogen-bond donors (Lipinski definition) is 1. The van der Waals surface area contributed by atoms with Crippen molar-refractivity contribution in [1.82, 2.24) is 5.32 Å². The van der Waals surface area contributed by atoms with Crippen molar-refractivity contribution in [2.24, 2.45) is 0 Å². The van der Waals surface area contributed by atoms with Crippen molar-refractivity contribution in [3.05, 3.63) is 54.3 Å². The number of methoxy groups -OCH3 is 1. The number of benzene rings is 2. The molecule has 1 N–H and O–H groups in total. The zero-order valence-corrected chi connectivity index (χ0v) is 16.1. The lowest BCUT2D eigenvalue weighted by molar-refractivity contribution is -0.119. The second-order valence-corrected chi connectivity index (χ2v) is 7.70. The Labute approximate surface area is 159 Å². The highest BCUT2D eigenvalue weighted by molar-refractivity contribution is 7.92. The first-order valence-corrected chi connectivity index (χ1v) is 10.0. The Morgan fingerprint density at radius 3 is 2.44 bits per heavy atom. The topological polar surface area (TPSA) is 75.7 Å². The largest absolute Gasteiger partial charge is 0.495 e. The van der Waals surface area contributed by atoms with Gasteiger partial charge in [0.25, 0.3) is 10.0 Å². The molecule has 1 amide bonds. The summed E-state index contributed by atoms with van der Waals surface area (Å²) in [7, 11) is -2.68. The third-order valence-corrected chi connectivity index (χ3v) is 5.67. The average Bonchev–Trinajstić information content (AvgIpc) is 2.66. The van der Waals surface area contributed by atoms with Gasteiger partial charge in [0.05, 0.1) is 17.7 Å². The molecule has 0 unspecified atom stereocenters. The Balaban J connectivity index is 2.42. The third-order valence-electron chi connectivity index (χ3n) is 3.90. The lowest BCUT2D eigenvalue weighted by Crippen LogP contribution is -2.41. The van der Waals surface area contributed by atoms with Gasteiger partial charge >= 0.3 is 0 Å². The molecule has 0 saturated heterocycles. The van der Waals surface area contributed by atoms with Crippen molar-refractivity contribution in [3.63, 3.8) is 0 Å². The standard InChI is InChI=1S/C19H23FN2O4S/c1-3-4-13-21-19(23)14-22(17-7-5-6-8-18(17)26-2)27(24,25)16-11-9-15(20)10-12-16/h5-12H,3-4,13-14H2,1-2H3,(H,21,23). The smallest absolute Gasteiger partial charge is 0.264 e. The van der Waals surface area contributed by atoms with E-state index in [-0.39, 0.29) is 10.6 Å². The number of anilines is 1. The number of para-hydroxylation sites is 2. The Morgan fingerprint density at radius 1 is 1.15 bits per heavy atom. The molecule has 0 saturated carbocycles. The van der Waals surface area contributed by atoms with Crippen LogP contribution in [0.1, 0.15) is 19.8 Å². The minimum absolute atomic E-state index is 0.115. The maximum absolute atomic E-state index is 13.2. The Kier molecular flexibility index (Phi) is 7.18. The lowest BCUT2D eigenvalue weighted by Gasteiger charge is -2.25. The van der Waals surface area contributed by atoms with E-state index in [2.05, 4.69) is 5.32 Å². The highest BCUT2D eigenvalue weighted by Crippen LogP contribution is 2.32. The van der Waals surface area contributed by atoms with Crippen LogP contribution in [0.2, 0.25) is 0 Å². The summed E-state index contributed by atoms with van der Waals surface area (Å²) >= 11 is 0. The predicted molar refractivity (Wildman–Crippen MR) is 102 cm³/mol. The summed E-state index contributed by atoms with van der Waals surface area (Å²) < 4.78 is 45.7. The van der Waals surface area contributed by atoms with E-state index in [1.54, 1.807) is 24.3 Å². The van der Waals surface area contributed by atoms with Crippen LogP contribution >= 0.6 is 0 Å². The van der Waals surface area contributed by atoms with Crippen LogP contribution in [0, 0.1) is 5.82 Å². The Hall–Kier alpha value is -2.61. The molecule has 0 radical (unpaired) electrons. The van der Waals surface area contributed by atoms with Crippen LogP contribution in [0.25, 0.3) is 0 Å². The van der Waals surface area contributed by atoms with Gasteiger partial charge in [-0.2, -0.15) is 0 Å². The van der Waals surface area contributed by atoms with Crippen molar-refractivity contribution in [1.29, 1.82) is 0 Å². The molecule has 2 aromatic rings. The molecule has 2 rings (SSSR count). The maximum Gasteiger partial charge on any atom is 0.264 e. The second kappa shape index (κ2) is 9.36. The van der Waals surface area contributed by atoms with E-state index in [1.165, 1.54) is 19.2 Å². The van der Waals surface area contributed by atoms with Gasteiger partial charge in [0.2, 0.25) is 5.91 Å². The Morgan fingerprint density at radius 2 is 1.81 bits per heavy atom. The van der Waals surface area contributed by atoms with E-state index in [9.17, 15) is 17.6 Å². The average molecular weight is 394 g/mol. The predicted octanol–water partition coefficient (Wildman–Crippen LogP) is 2.95. The number of sulfonamides is 1. The van der Waals surface area contributed by atoms with Gasteiger partial charge in [-0.15, -0.1) is 0 Å². The number of amides is 1. The van der Waals surface area contributed by atoms with Crippen molar-refractivity contribution in [3.8, 4) is 5.75 Å². The van der Waals surface area contributed by atoms with Crippen LogP contribution in [0.4, 0.5) is 10.1 Å². The second-order valence-electron chi connectivity index (χ2n) is 5.84. The number of carbonyl (C=O) groups is 1. The van der Waals surface area contributed by atoms with Gasteiger partial charge in [-0.3, -0.25) is 9.10 Å². The molecule has 0 aliphatic rings. The fourth-order valence-corrected chi connectivity index (χ4v) is 3.89. The maximum atomic E-state index is 13.2. The van der Waals surface area contributed by atoms with Crippen molar-refractivity contribution >= 4 is 21.6 Å². The Bertz CT molecular complexity index is 870. The molecule has 0 fully saturated rings. The van der Waals surface area contributed by atoms with Gasteiger partial charge in [-0.25, -0.2) is 12.8 Å². The molecule has 0 aliphatic carbocycles. The molecular weight excluding hydrogens is 371 g/mol. The molecule has 0 spiro atoms. The van der Waals surface area contributed by atoms with Gasteiger partial charge in [-0.05, 0) is 42.8 Å². The van der Waals surface area contributed by atoms with Crippen LogP contribution in [-0.2, 0) is 14.8 Å². The molecular formula is C19H23FN2O4S. The van der Waals surface area contributed by atoms with Gasteiger partial charge in [-0.1, -0.05) is 25.5 Å². The fourth-order valence-electron chi connectivity index (χ4n) is 2.46. The monoisotopic (exact) mass is 394 g/mol. The quantitative estimate of drug-likeness (QED) is 0.664. The summed E-state index contributed by atoms with van der Waals surface area (Å²) in [6, 6.07) is 11.0. The molecule has 8 heteroatoms. The molecule has 6 nitrogen and oxygen atoms in total. The summed E-state index contributed by atoms with van der Waals surface area (Å²) in [4.78, 5) is 12.2. The van der Waals surface area contributed by atoms with E-state index in [0.29, 0.717) is 12.3 Å². The van der Waals surface area contributed by atoms with Gasteiger partial charge in [0.1, 0.15) is 18.1 Å². The van der Waals surface area contributed by atoms with Crippen LogP contribution in [0.3, 0.4) is 0 Å². The van der Waals surface area contributed by atoms with E-state index < -0.39 is 28.3 Å². The minimum Gasteiger partial charge on any atom is -0.495 e. The highest BCUT2D eigenvalue weighted by atomic mass is 32.2. The van der Waals surface area contributed by atoms with Gasteiger partial charge < -0.3 is 10.1 Å². The molecule has 0 aliphatic heterocycles. The number of carbonyl (C=O) groups excluding carboxylic acids is 1. The van der Waals surface area contributed by atoms with Gasteiger partial charge in [0.15, 0.2) is 0 Å². The first-order chi connectivity index (χ1) is 12.9. The summed E-state index contributed by atoms with van der Waals surface area (Å²) in [5, 5.41) is 2.71. The number of halogens is 1. The fraction of sp³-hybridized carbons (Fsp3) is 0.316. The van der Waals surface area contributed by atoms with E-state index >= 15 is 0 Å². The number of ether oxygens (including phenoxy) is 1. The molecule has 0 atom stereocenters. The first-order valence-electron chi connectivity index (χ1n) is 8.58. The molecule has 2 aromatic carbocycles. The van der Waals surface area contributed by atoms with Gasteiger partial charge in [0, 0.05) is 6.54 Å². The zero-order valence-electron chi connectivity index (χ0n) is 15.3. The molecule has 146 valence electrons. The number of unbranched alkanes of at least 4 members (excludes halogenated alkanes) is 1. The van der Waals surface area contributed by atoms with Crippen LogP contribution in [-0.4, -0.2) is 34.5 Å². The zero-order chi connectivity index (χ0) is 19.9. The summed E-state index contributed by atoms with van der Waals surface area (Å²) in [5.74, 6) is -0.667. The molecule has 0 bridgehead atoms. The van der Waals surface area contributed by atoms with Crippen LogP contribution in [0.5, 0.6) is 5.75 Å². The first kappa shape index (κ1) is 20.7. The number of nitrogens with zero attached hydrogens (tertiary/aromatic N) is 1. The number of nitrogens with one attached hydrogen (secondary N) is 1. The highest BCUT2D eigenvalue weighted by Gasteiger charge is 2.29. The SMILES string of the molecule is CCCCNC(=O)CN(c1ccccc1OC)S(=O)(=O)c1ccc(F)cc1.